The first kappa shape index (κ1) is 11.9. The summed E-state index contributed by atoms with van der Waals surface area (Å²) in [5.41, 5.74) is 2.27. The van der Waals surface area contributed by atoms with Gasteiger partial charge in [-0.15, -0.1) is 0 Å². The summed E-state index contributed by atoms with van der Waals surface area (Å²) >= 11 is 5.89. The van der Waals surface area contributed by atoms with Crippen LogP contribution in [0.2, 0.25) is 5.02 Å². The first-order chi connectivity index (χ1) is 8.29. The molecule has 0 bridgehead atoms. The van der Waals surface area contributed by atoms with Crippen molar-refractivity contribution in [2.24, 2.45) is 0 Å². The first-order valence-electron chi connectivity index (χ1n) is 5.71. The van der Waals surface area contributed by atoms with Crippen molar-refractivity contribution >= 4 is 17.3 Å². The topological polar surface area (TPSA) is 24.9 Å². The molecule has 0 amide bonds. The van der Waals surface area contributed by atoms with Crippen molar-refractivity contribution in [3.8, 4) is 0 Å². The first-order valence-corrected chi connectivity index (χ1v) is 6.09. The highest BCUT2D eigenvalue weighted by Gasteiger charge is 2.08. The van der Waals surface area contributed by atoms with Crippen molar-refractivity contribution < 1.29 is 0 Å². The Morgan fingerprint density at radius 3 is 2.59 bits per heavy atom. The van der Waals surface area contributed by atoms with Crippen LogP contribution in [0, 0.1) is 0 Å². The Bertz CT molecular complexity index is 453. The summed E-state index contributed by atoms with van der Waals surface area (Å²) in [6.07, 6.45) is 4.61. The molecule has 1 aromatic carbocycles. The van der Waals surface area contributed by atoms with Gasteiger partial charge < -0.3 is 5.32 Å². The molecule has 0 fully saturated rings. The number of nitrogens with one attached hydrogen (secondary N) is 1. The highest BCUT2D eigenvalue weighted by molar-refractivity contribution is 6.30. The Labute approximate surface area is 107 Å². The molecule has 0 aliphatic carbocycles. The number of anilines is 1. The number of nitrogens with zero attached hydrogens (tertiary/aromatic N) is 1. The SMILES string of the molecule is CCC(Nc1cccnc1)c1ccc(Cl)cc1. The van der Waals surface area contributed by atoms with E-state index in [1.165, 1.54) is 5.56 Å². The van der Waals surface area contributed by atoms with Crippen LogP contribution in [0.1, 0.15) is 24.9 Å². The van der Waals surface area contributed by atoms with E-state index in [1.807, 2.05) is 30.5 Å². The van der Waals surface area contributed by atoms with E-state index in [1.54, 1.807) is 6.20 Å². The summed E-state index contributed by atoms with van der Waals surface area (Å²) in [7, 11) is 0. The molecule has 1 heterocycles. The van der Waals surface area contributed by atoms with Crippen LogP contribution < -0.4 is 5.32 Å². The third-order valence-electron chi connectivity index (χ3n) is 2.68. The van der Waals surface area contributed by atoms with Crippen molar-refractivity contribution in [1.29, 1.82) is 0 Å². The van der Waals surface area contributed by atoms with Crippen molar-refractivity contribution in [2.75, 3.05) is 5.32 Å². The molecule has 0 spiro atoms. The molecule has 17 heavy (non-hydrogen) atoms. The molecular weight excluding hydrogens is 232 g/mol. The summed E-state index contributed by atoms with van der Waals surface area (Å²) < 4.78 is 0. The molecule has 1 atom stereocenters. The minimum Gasteiger partial charge on any atom is -0.377 e. The fourth-order valence-electron chi connectivity index (χ4n) is 1.77. The van der Waals surface area contributed by atoms with Crippen molar-refractivity contribution in [1.82, 2.24) is 4.98 Å². The molecule has 88 valence electrons. The molecule has 2 rings (SSSR count). The van der Waals surface area contributed by atoms with Crippen LogP contribution in [0.25, 0.3) is 0 Å². The molecule has 1 unspecified atom stereocenters. The minimum absolute atomic E-state index is 0.288. The molecule has 0 radical (unpaired) electrons. The molecule has 1 N–H and O–H groups in total. The van der Waals surface area contributed by atoms with E-state index in [0.717, 1.165) is 17.1 Å². The van der Waals surface area contributed by atoms with E-state index >= 15 is 0 Å². The Hall–Kier alpha value is -1.54. The van der Waals surface area contributed by atoms with Gasteiger partial charge in [0.1, 0.15) is 0 Å². The van der Waals surface area contributed by atoms with Gasteiger partial charge in [0.25, 0.3) is 0 Å². The lowest BCUT2D eigenvalue weighted by atomic mass is 10.0. The molecule has 3 heteroatoms. The maximum atomic E-state index is 5.89. The highest BCUT2D eigenvalue weighted by Crippen LogP contribution is 2.23. The monoisotopic (exact) mass is 246 g/mol. The summed E-state index contributed by atoms with van der Waals surface area (Å²) in [4.78, 5) is 4.10. The number of pyridine rings is 1. The number of rotatable bonds is 4. The maximum absolute atomic E-state index is 5.89. The van der Waals surface area contributed by atoms with E-state index < -0.39 is 0 Å². The van der Waals surface area contributed by atoms with E-state index in [0.29, 0.717) is 0 Å². The number of hydrogen-bond donors (Lipinski definition) is 1. The summed E-state index contributed by atoms with van der Waals surface area (Å²) in [6.45, 7) is 2.16. The van der Waals surface area contributed by atoms with Gasteiger partial charge in [0.05, 0.1) is 11.7 Å². The van der Waals surface area contributed by atoms with Crippen LogP contribution >= 0.6 is 11.6 Å². The lowest BCUT2D eigenvalue weighted by Gasteiger charge is -2.18. The van der Waals surface area contributed by atoms with Gasteiger partial charge in [-0.25, -0.2) is 0 Å². The van der Waals surface area contributed by atoms with Crippen LogP contribution in [0.3, 0.4) is 0 Å². The van der Waals surface area contributed by atoms with Crippen LogP contribution in [-0.4, -0.2) is 4.98 Å². The predicted molar refractivity (Wildman–Crippen MR) is 72.3 cm³/mol. The fourth-order valence-corrected chi connectivity index (χ4v) is 1.89. The van der Waals surface area contributed by atoms with Gasteiger partial charge in [-0.3, -0.25) is 4.98 Å². The normalized spacial score (nSPS) is 12.1. The number of hydrogen-bond acceptors (Lipinski definition) is 2. The largest absolute Gasteiger partial charge is 0.377 e. The summed E-state index contributed by atoms with van der Waals surface area (Å²) in [6, 6.07) is 12.2. The smallest absolute Gasteiger partial charge is 0.0531 e. The number of aromatic nitrogens is 1. The zero-order valence-electron chi connectivity index (χ0n) is 9.73. The molecule has 0 saturated carbocycles. The molecule has 0 aliphatic rings. The van der Waals surface area contributed by atoms with Crippen LogP contribution in [-0.2, 0) is 0 Å². The molecule has 1 aromatic heterocycles. The van der Waals surface area contributed by atoms with Gasteiger partial charge in [-0.2, -0.15) is 0 Å². The van der Waals surface area contributed by atoms with E-state index in [-0.39, 0.29) is 6.04 Å². The fraction of sp³-hybridized carbons (Fsp3) is 0.214. The summed E-state index contributed by atoms with van der Waals surface area (Å²) in [5, 5.41) is 4.23. The second-order valence-electron chi connectivity index (χ2n) is 3.90. The number of halogens is 1. The van der Waals surface area contributed by atoms with Gasteiger partial charge in [-0.05, 0) is 36.2 Å². The van der Waals surface area contributed by atoms with Crippen molar-refractivity contribution in [3.63, 3.8) is 0 Å². The Morgan fingerprint density at radius 1 is 1.24 bits per heavy atom. The average molecular weight is 247 g/mol. The third kappa shape index (κ3) is 3.21. The second kappa shape index (κ2) is 5.69. The van der Waals surface area contributed by atoms with Crippen LogP contribution in [0.4, 0.5) is 5.69 Å². The standard InChI is InChI=1S/C14H15ClN2/c1-2-14(11-5-7-12(15)8-6-11)17-13-4-3-9-16-10-13/h3-10,14,17H,2H2,1H3. The second-order valence-corrected chi connectivity index (χ2v) is 4.33. The number of benzene rings is 1. The summed E-state index contributed by atoms with van der Waals surface area (Å²) in [5.74, 6) is 0. The molecular formula is C14H15ClN2. The van der Waals surface area contributed by atoms with Crippen molar-refractivity contribution in [2.45, 2.75) is 19.4 Å². The zero-order chi connectivity index (χ0) is 12.1. The molecule has 0 aliphatic heterocycles. The van der Waals surface area contributed by atoms with Crippen LogP contribution in [0.5, 0.6) is 0 Å². The minimum atomic E-state index is 0.288. The predicted octanol–water partition coefficient (Wildman–Crippen LogP) is 4.30. The van der Waals surface area contributed by atoms with Gasteiger partial charge in [-0.1, -0.05) is 30.7 Å². The average Bonchev–Trinajstić information content (AvgIpc) is 2.38. The van der Waals surface area contributed by atoms with Gasteiger partial charge in [0, 0.05) is 17.4 Å². The van der Waals surface area contributed by atoms with Gasteiger partial charge in [0.15, 0.2) is 0 Å². The quantitative estimate of drug-likeness (QED) is 0.870. The lowest BCUT2D eigenvalue weighted by Crippen LogP contribution is -2.09. The Balaban J connectivity index is 2.14. The molecule has 2 aromatic rings. The molecule has 0 saturated heterocycles. The highest BCUT2D eigenvalue weighted by atomic mass is 35.5. The zero-order valence-corrected chi connectivity index (χ0v) is 10.5. The van der Waals surface area contributed by atoms with Gasteiger partial charge >= 0.3 is 0 Å². The molecule has 2 nitrogen and oxygen atoms in total. The van der Waals surface area contributed by atoms with E-state index in [2.05, 4.69) is 29.4 Å². The third-order valence-corrected chi connectivity index (χ3v) is 2.94. The van der Waals surface area contributed by atoms with E-state index in [4.69, 9.17) is 11.6 Å². The van der Waals surface area contributed by atoms with Crippen molar-refractivity contribution in [3.05, 3.63) is 59.4 Å². The van der Waals surface area contributed by atoms with E-state index in [9.17, 15) is 0 Å². The van der Waals surface area contributed by atoms with Crippen LogP contribution in [0.15, 0.2) is 48.8 Å². The maximum Gasteiger partial charge on any atom is 0.0531 e. The lowest BCUT2D eigenvalue weighted by molar-refractivity contribution is 0.749. The van der Waals surface area contributed by atoms with Gasteiger partial charge in [0.2, 0.25) is 0 Å². The Morgan fingerprint density at radius 2 is 2.00 bits per heavy atom. The Kier molecular flexibility index (Phi) is 3.99.